The van der Waals surface area contributed by atoms with Crippen molar-refractivity contribution in [2.45, 2.75) is 32.9 Å². The first-order chi connectivity index (χ1) is 9.99. The zero-order valence-electron chi connectivity index (χ0n) is 11.9. The van der Waals surface area contributed by atoms with Crippen molar-refractivity contribution in [3.8, 4) is 0 Å². The lowest BCUT2D eigenvalue weighted by Gasteiger charge is -2.08. The molecule has 2 aromatic rings. The van der Waals surface area contributed by atoms with Gasteiger partial charge in [0.05, 0.1) is 12.3 Å². The fourth-order valence-corrected chi connectivity index (χ4v) is 2.50. The Bertz CT molecular complexity index is 642. The Balaban J connectivity index is 2.00. The number of hydrogen-bond acceptors (Lipinski definition) is 4. The fourth-order valence-electron chi connectivity index (χ4n) is 1.86. The van der Waals surface area contributed by atoms with Crippen LogP contribution in [-0.2, 0) is 11.3 Å². The summed E-state index contributed by atoms with van der Waals surface area (Å²) in [4.78, 5) is 12.0. The van der Waals surface area contributed by atoms with Gasteiger partial charge in [-0.1, -0.05) is 12.1 Å². The SMILES string of the molecule is CCC(O)c1cn(CC(=O)Nc2ccc(I)cc2C)nn1. The highest BCUT2D eigenvalue weighted by Gasteiger charge is 2.12. The number of carbonyl (C=O) groups is 1. The van der Waals surface area contributed by atoms with Crippen LogP contribution in [0, 0.1) is 10.5 Å². The van der Waals surface area contributed by atoms with Gasteiger partial charge < -0.3 is 10.4 Å². The summed E-state index contributed by atoms with van der Waals surface area (Å²) in [7, 11) is 0. The standard InChI is InChI=1S/C14H17IN4O2/c1-3-13(20)12-7-19(18-17-12)8-14(21)16-11-5-4-10(15)6-9(11)2/h4-7,13,20H,3,8H2,1-2H3,(H,16,21). The van der Waals surface area contributed by atoms with Crippen molar-refractivity contribution < 1.29 is 9.90 Å². The second kappa shape index (κ2) is 6.99. The molecule has 2 rings (SSSR count). The first-order valence-electron chi connectivity index (χ1n) is 6.63. The predicted octanol–water partition coefficient (Wildman–Crippen LogP) is 2.27. The van der Waals surface area contributed by atoms with E-state index in [1.807, 2.05) is 32.0 Å². The van der Waals surface area contributed by atoms with Crippen LogP contribution < -0.4 is 5.32 Å². The molecular formula is C14H17IN4O2. The zero-order chi connectivity index (χ0) is 15.4. The van der Waals surface area contributed by atoms with Crippen molar-refractivity contribution in [2.75, 3.05) is 5.32 Å². The van der Waals surface area contributed by atoms with Crippen LogP contribution in [0.4, 0.5) is 5.69 Å². The summed E-state index contributed by atoms with van der Waals surface area (Å²) < 4.78 is 2.54. The van der Waals surface area contributed by atoms with E-state index in [0.717, 1.165) is 14.8 Å². The van der Waals surface area contributed by atoms with Gasteiger partial charge in [-0.05, 0) is 59.7 Å². The molecule has 112 valence electrons. The largest absolute Gasteiger partial charge is 0.387 e. The van der Waals surface area contributed by atoms with E-state index in [1.54, 1.807) is 6.20 Å². The summed E-state index contributed by atoms with van der Waals surface area (Å²) in [5.41, 5.74) is 2.28. The Morgan fingerprint density at radius 3 is 2.95 bits per heavy atom. The van der Waals surface area contributed by atoms with Crippen molar-refractivity contribution in [3.63, 3.8) is 0 Å². The van der Waals surface area contributed by atoms with Crippen LogP contribution in [0.15, 0.2) is 24.4 Å². The van der Waals surface area contributed by atoms with E-state index >= 15 is 0 Å². The number of hydrogen-bond donors (Lipinski definition) is 2. The molecule has 0 saturated heterocycles. The van der Waals surface area contributed by atoms with Gasteiger partial charge in [0.1, 0.15) is 12.2 Å². The highest BCUT2D eigenvalue weighted by Crippen LogP contribution is 2.17. The molecule has 21 heavy (non-hydrogen) atoms. The molecule has 1 aromatic heterocycles. The van der Waals surface area contributed by atoms with Gasteiger partial charge in [0.2, 0.25) is 5.91 Å². The second-order valence-electron chi connectivity index (χ2n) is 4.77. The Morgan fingerprint density at radius 1 is 1.52 bits per heavy atom. The minimum Gasteiger partial charge on any atom is -0.387 e. The molecule has 0 aliphatic rings. The molecule has 1 atom stereocenters. The molecular weight excluding hydrogens is 383 g/mol. The molecule has 2 N–H and O–H groups in total. The molecule has 0 bridgehead atoms. The Hall–Kier alpha value is -1.48. The van der Waals surface area contributed by atoms with E-state index in [2.05, 4.69) is 38.2 Å². The highest BCUT2D eigenvalue weighted by molar-refractivity contribution is 14.1. The van der Waals surface area contributed by atoms with Crippen LogP contribution in [0.1, 0.15) is 30.7 Å². The van der Waals surface area contributed by atoms with Crippen molar-refractivity contribution >= 4 is 34.2 Å². The number of halogens is 1. The number of anilines is 1. The van der Waals surface area contributed by atoms with Gasteiger partial charge in [0.25, 0.3) is 0 Å². The third-order valence-electron chi connectivity index (χ3n) is 3.05. The molecule has 0 spiro atoms. The van der Waals surface area contributed by atoms with Gasteiger partial charge in [0, 0.05) is 9.26 Å². The number of benzene rings is 1. The summed E-state index contributed by atoms with van der Waals surface area (Å²) >= 11 is 2.23. The zero-order valence-corrected chi connectivity index (χ0v) is 14.0. The number of nitrogens with zero attached hydrogens (tertiary/aromatic N) is 3. The van der Waals surface area contributed by atoms with Gasteiger partial charge in [-0.3, -0.25) is 4.79 Å². The molecule has 1 unspecified atom stereocenters. The quantitative estimate of drug-likeness (QED) is 0.755. The van der Waals surface area contributed by atoms with Crippen molar-refractivity contribution in [1.29, 1.82) is 0 Å². The molecule has 1 heterocycles. The predicted molar refractivity (Wildman–Crippen MR) is 87.8 cm³/mol. The monoisotopic (exact) mass is 400 g/mol. The molecule has 0 saturated carbocycles. The first-order valence-corrected chi connectivity index (χ1v) is 7.71. The maximum atomic E-state index is 12.0. The fraction of sp³-hybridized carbons (Fsp3) is 0.357. The molecule has 0 aliphatic carbocycles. The van der Waals surface area contributed by atoms with E-state index in [4.69, 9.17) is 0 Å². The maximum absolute atomic E-state index is 12.0. The maximum Gasteiger partial charge on any atom is 0.246 e. The van der Waals surface area contributed by atoms with Gasteiger partial charge in [-0.15, -0.1) is 5.10 Å². The van der Waals surface area contributed by atoms with Gasteiger partial charge >= 0.3 is 0 Å². The minimum absolute atomic E-state index is 0.0643. The molecule has 0 aliphatic heterocycles. The normalized spacial score (nSPS) is 12.2. The number of aryl methyl sites for hydroxylation is 1. The average molecular weight is 400 g/mol. The molecule has 6 nitrogen and oxygen atoms in total. The van der Waals surface area contributed by atoms with E-state index in [-0.39, 0.29) is 12.5 Å². The first kappa shape index (κ1) is 15.9. The average Bonchev–Trinajstić information content (AvgIpc) is 2.89. The lowest BCUT2D eigenvalue weighted by atomic mass is 10.2. The smallest absolute Gasteiger partial charge is 0.246 e. The van der Waals surface area contributed by atoms with Crippen LogP contribution >= 0.6 is 22.6 Å². The number of nitrogens with one attached hydrogen (secondary N) is 1. The third-order valence-corrected chi connectivity index (χ3v) is 3.72. The number of aromatic nitrogens is 3. The summed E-state index contributed by atoms with van der Waals surface area (Å²) in [5.74, 6) is -0.179. The molecule has 7 heteroatoms. The molecule has 1 aromatic carbocycles. The Kier molecular flexibility index (Phi) is 5.29. The van der Waals surface area contributed by atoms with Gasteiger partial charge in [-0.25, -0.2) is 4.68 Å². The van der Waals surface area contributed by atoms with Crippen molar-refractivity contribution in [2.24, 2.45) is 0 Å². The summed E-state index contributed by atoms with van der Waals surface area (Å²) in [6.45, 7) is 3.87. The lowest BCUT2D eigenvalue weighted by Crippen LogP contribution is -2.19. The van der Waals surface area contributed by atoms with Crippen LogP contribution in [0.2, 0.25) is 0 Å². The number of carbonyl (C=O) groups excluding carboxylic acids is 1. The number of aliphatic hydroxyl groups is 1. The summed E-state index contributed by atoms with van der Waals surface area (Å²) in [5, 5.41) is 20.2. The second-order valence-corrected chi connectivity index (χ2v) is 6.02. The topological polar surface area (TPSA) is 80.0 Å². The van der Waals surface area contributed by atoms with Crippen LogP contribution in [-0.4, -0.2) is 26.0 Å². The third kappa shape index (κ3) is 4.24. The number of amides is 1. The summed E-state index contributed by atoms with van der Waals surface area (Å²) in [6, 6.07) is 5.82. The van der Waals surface area contributed by atoms with E-state index in [1.165, 1.54) is 4.68 Å². The molecule has 0 radical (unpaired) electrons. The number of rotatable bonds is 5. The van der Waals surface area contributed by atoms with Gasteiger partial charge in [0.15, 0.2) is 0 Å². The van der Waals surface area contributed by atoms with Crippen molar-refractivity contribution in [3.05, 3.63) is 39.2 Å². The van der Waals surface area contributed by atoms with Crippen LogP contribution in [0.5, 0.6) is 0 Å². The summed E-state index contributed by atoms with van der Waals surface area (Å²) in [6.07, 6.45) is 1.52. The number of aliphatic hydroxyl groups excluding tert-OH is 1. The minimum atomic E-state index is -0.639. The van der Waals surface area contributed by atoms with Gasteiger partial charge in [-0.2, -0.15) is 0 Å². The van der Waals surface area contributed by atoms with E-state index < -0.39 is 6.10 Å². The lowest BCUT2D eigenvalue weighted by molar-refractivity contribution is -0.116. The van der Waals surface area contributed by atoms with E-state index in [9.17, 15) is 9.90 Å². The Labute approximate surface area is 136 Å². The van der Waals surface area contributed by atoms with E-state index in [0.29, 0.717) is 12.1 Å². The highest BCUT2D eigenvalue weighted by atomic mass is 127. The van der Waals surface area contributed by atoms with Crippen molar-refractivity contribution in [1.82, 2.24) is 15.0 Å². The van der Waals surface area contributed by atoms with Crippen LogP contribution in [0.25, 0.3) is 0 Å². The molecule has 0 fully saturated rings. The van der Waals surface area contributed by atoms with Crippen LogP contribution in [0.3, 0.4) is 0 Å². The Morgan fingerprint density at radius 2 is 2.29 bits per heavy atom. The molecule has 1 amide bonds.